The fourth-order valence-electron chi connectivity index (χ4n) is 2.75. The number of halogens is 3. The summed E-state index contributed by atoms with van der Waals surface area (Å²) in [7, 11) is 0. The van der Waals surface area contributed by atoms with Gasteiger partial charge in [0.15, 0.2) is 0 Å². The van der Waals surface area contributed by atoms with E-state index < -0.39 is 12.1 Å². The third-order valence-corrected chi connectivity index (χ3v) is 5.67. The van der Waals surface area contributed by atoms with Crippen LogP contribution in [-0.2, 0) is 12.0 Å². The highest BCUT2D eigenvalue weighted by Gasteiger charge is 2.41. The van der Waals surface area contributed by atoms with Gasteiger partial charge in [-0.2, -0.15) is 13.2 Å². The molecule has 1 aliphatic carbocycles. The van der Waals surface area contributed by atoms with E-state index in [1.807, 2.05) is 0 Å². The number of alkyl halides is 3. The van der Waals surface area contributed by atoms with Crippen molar-refractivity contribution in [3.8, 4) is 0 Å². The Bertz CT molecular complexity index is 451. The Kier molecular flexibility index (Phi) is 5.03. The van der Waals surface area contributed by atoms with Crippen LogP contribution < -0.4 is 5.32 Å². The van der Waals surface area contributed by atoms with E-state index >= 15 is 0 Å². The minimum atomic E-state index is -4.01. The summed E-state index contributed by atoms with van der Waals surface area (Å²) >= 11 is 1.79. The number of nitrogens with one attached hydrogen (secondary N) is 1. The Morgan fingerprint density at radius 3 is 2.19 bits per heavy atom. The van der Waals surface area contributed by atoms with Crippen LogP contribution in [-0.4, -0.2) is 12.2 Å². The molecule has 0 aromatic carbocycles. The maximum absolute atomic E-state index is 12.6. The van der Waals surface area contributed by atoms with Crippen molar-refractivity contribution in [2.24, 2.45) is 5.92 Å². The van der Waals surface area contributed by atoms with Gasteiger partial charge in [0.05, 0.1) is 5.92 Å². The first-order valence-electron chi connectivity index (χ1n) is 7.55. The van der Waals surface area contributed by atoms with Gasteiger partial charge in [0.25, 0.3) is 0 Å². The van der Waals surface area contributed by atoms with Gasteiger partial charge >= 0.3 is 6.18 Å². The molecule has 0 spiro atoms. The quantitative estimate of drug-likeness (QED) is 0.801. The van der Waals surface area contributed by atoms with Gasteiger partial charge in [0.2, 0.25) is 0 Å². The van der Waals surface area contributed by atoms with Crippen molar-refractivity contribution >= 4 is 11.3 Å². The van der Waals surface area contributed by atoms with Crippen LogP contribution in [0.15, 0.2) is 12.1 Å². The lowest BCUT2D eigenvalue weighted by Gasteiger charge is -2.30. The number of hydrogen-bond donors (Lipinski definition) is 1. The molecule has 120 valence electrons. The van der Waals surface area contributed by atoms with Gasteiger partial charge in [-0.05, 0) is 43.2 Å². The highest BCUT2D eigenvalue weighted by Crippen LogP contribution is 2.37. The van der Waals surface area contributed by atoms with E-state index in [1.54, 1.807) is 11.3 Å². The standard InChI is InChI=1S/C16H24F3NS/c1-15(2,3)14-9-8-13(21-14)10-20-12-6-4-11(5-7-12)16(17,18)19/h8-9,11-12,20H,4-7,10H2,1-3H3. The molecule has 1 heterocycles. The smallest absolute Gasteiger partial charge is 0.309 e. The van der Waals surface area contributed by atoms with E-state index in [1.165, 1.54) is 9.75 Å². The summed E-state index contributed by atoms with van der Waals surface area (Å²) in [6, 6.07) is 4.51. The third kappa shape index (κ3) is 4.71. The zero-order chi connectivity index (χ0) is 15.7. The predicted molar refractivity (Wildman–Crippen MR) is 81.7 cm³/mol. The molecule has 2 rings (SSSR count). The topological polar surface area (TPSA) is 12.0 Å². The third-order valence-electron chi connectivity index (χ3n) is 4.16. The zero-order valence-corrected chi connectivity index (χ0v) is 13.7. The summed E-state index contributed by atoms with van der Waals surface area (Å²) in [4.78, 5) is 2.61. The Balaban J connectivity index is 1.79. The molecule has 1 nitrogen and oxygen atoms in total. The first-order chi connectivity index (χ1) is 9.66. The van der Waals surface area contributed by atoms with Crippen LogP contribution in [0, 0.1) is 5.92 Å². The molecule has 1 saturated carbocycles. The maximum Gasteiger partial charge on any atom is 0.391 e. The lowest BCUT2D eigenvalue weighted by atomic mass is 9.85. The molecule has 0 bridgehead atoms. The highest BCUT2D eigenvalue weighted by molar-refractivity contribution is 7.12. The largest absolute Gasteiger partial charge is 0.391 e. The number of hydrogen-bond acceptors (Lipinski definition) is 2. The van der Waals surface area contributed by atoms with Crippen LogP contribution in [0.1, 0.15) is 56.2 Å². The lowest BCUT2D eigenvalue weighted by Crippen LogP contribution is -2.36. The second-order valence-corrected chi connectivity index (χ2v) is 8.16. The molecule has 1 aromatic heterocycles. The molecule has 0 aliphatic heterocycles. The molecular formula is C16H24F3NS. The van der Waals surface area contributed by atoms with E-state index in [9.17, 15) is 13.2 Å². The molecule has 0 saturated heterocycles. The van der Waals surface area contributed by atoms with Crippen molar-refractivity contribution < 1.29 is 13.2 Å². The summed E-state index contributed by atoms with van der Waals surface area (Å²) in [5.41, 5.74) is 0.160. The average Bonchev–Trinajstić information content (AvgIpc) is 2.84. The fourth-order valence-corrected chi connectivity index (χ4v) is 3.76. The van der Waals surface area contributed by atoms with E-state index in [2.05, 4.69) is 38.2 Å². The lowest BCUT2D eigenvalue weighted by molar-refractivity contribution is -0.182. The summed E-state index contributed by atoms with van der Waals surface area (Å²) in [5.74, 6) is -1.09. The van der Waals surface area contributed by atoms with Crippen LogP contribution in [0.2, 0.25) is 0 Å². The first-order valence-corrected chi connectivity index (χ1v) is 8.37. The normalized spacial score (nSPS) is 24.3. The maximum atomic E-state index is 12.6. The molecule has 1 N–H and O–H groups in total. The van der Waals surface area contributed by atoms with Crippen LogP contribution in [0.3, 0.4) is 0 Å². The number of thiophene rings is 1. The van der Waals surface area contributed by atoms with Crippen molar-refractivity contribution in [1.82, 2.24) is 5.32 Å². The molecule has 0 amide bonds. The van der Waals surface area contributed by atoms with Gasteiger partial charge in [-0.3, -0.25) is 0 Å². The van der Waals surface area contributed by atoms with Gasteiger partial charge in [-0.25, -0.2) is 0 Å². The molecule has 0 radical (unpaired) electrons. The number of rotatable bonds is 3. The van der Waals surface area contributed by atoms with Gasteiger partial charge in [-0.1, -0.05) is 20.8 Å². The van der Waals surface area contributed by atoms with Crippen molar-refractivity contribution in [2.75, 3.05) is 0 Å². The molecular weight excluding hydrogens is 295 g/mol. The van der Waals surface area contributed by atoms with E-state index in [0.29, 0.717) is 12.8 Å². The van der Waals surface area contributed by atoms with E-state index in [0.717, 1.165) is 6.54 Å². The van der Waals surface area contributed by atoms with Gasteiger partial charge in [-0.15, -0.1) is 11.3 Å². The fraction of sp³-hybridized carbons (Fsp3) is 0.750. The Morgan fingerprint density at radius 2 is 1.71 bits per heavy atom. The molecule has 1 aliphatic rings. The molecule has 21 heavy (non-hydrogen) atoms. The average molecular weight is 319 g/mol. The minimum absolute atomic E-state index is 0.160. The zero-order valence-electron chi connectivity index (χ0n) is 12.9. The summed E-state index contributed by atoms with van der Waals surface area (Å²) < 4.78 is 37.8. The first kappa shape index (κ1) is 16.8. The second-order valence-electron chi connectivity index (χ2n) is 6.99. The molecule has 1 fully saturated rings. The Hall–Kier alpha value is -0.550. The van der Waals surface area contributed by atoms with Crippen molar-refractivity contribution in [2.45, 2.75) is 70.6 Å². The van der Waals surface area contributed by atoms with Crippen LogP contribution in [0.4, 0.5) is 13.2 Å². The van der Waals surface area contributed by atoms with Gasteiger partial charge in [0, 0.05) is 22.3 Å². The molecule has 5 heteroatoms. The van der Waals surface area contributed by atoms with Crippen LogP contribution >= 0.6 is 11.3 Å². The van der Waals surface area contributed by atoms with Gasteiger partial charge < -0.3 is 5.32 Å². The monoisotopic (exact) mass is 319 g/mol. The summed E-state index contributed by atoms with van der Waals surface area (Å²) in [5, 5.41) is 3.42. The summed E-state index contributed by atoms with van der Waals surface area (Å²) in [6.45, 7) is 7.33. The van der Waals surface area contributed by atoms with Crippen molar-refractivity contribution in [3.05, 3.63) is 21.9 Å². The predicted octanol–water partition coefficient (Wildman–Crippen LogP) is 5.26. The molecule has 0 atom stereocenters. The van der Waals surface area contributed by atoms with Crippen molar-refractivity contribution in [1.29, 1.82) is 0 Å². The van der Waals surface area contributed by atoms with E-state index in [-0.39, 0.29) is 24.3 Å². The highest BCUT2D eigenvalue weighted by atomic mass is 32.1. The summed E-state index contributed by atoms with van der Waals surface area (Å²) in [6.07, 6.45) is -2.23. The second kappa shape index (κ2) is 6.29. The van der Waals surface area contributed by atoms with Crippen LogP contribution in [0.25, 0.3) is 0 Å². The van der Waals surface area contributed by atoms with E-state index in [4.69, 9.17) is 0 Å². The minimum Gasteiger partial charge on any atom is -0.309 e. The van der Waals surface area contributed by atoms with Crippen LogP contribution in [0.5, 0.6) is 0 Å². The Labute approximate surface area is 128 Å². The molecule has 0 unspecified atom stereocenters. The Morgan fingerprint density at radius 1 is 1.10 bits per heavy atom. The van der Waals surface area contributed by atoms with Crippen molar-refractivity contribution in [3.63, 3.8) is 0 Å². The van der Waals surface area contributed by atoms with Gasteiger partial charge in [0.1, 0.15) is 0 Å². The SMILES string of the molecule is CC(C)(C)c1ccc(CNC2CCC(C(F)(F)F)CC2)s1. The molecule has 1 aromatic rings.